The minimum Gasteiger partial charge on any atom is -0.0625 e. The third-order valence-corrected chi connectivity index (χ3v) is 2.86. The molecule has 11 heavy (non-hydrogen) atoms. The summed E-state index contributed by atoms with van der Waals surface area (Å²) >= 11 is 0. The fourth-order valence-corrected chi connectivity index (χ4v) is 1.55. The molecule has 2 aliphatic rings. The van der Waals surface area contributed by atoms with E-state index < -0.39 is 0 Å². The van der Waals surface area contributed by atoms with E-state index in [-0.39, 0.29) is 0 Å². The van der Waals surface area contributed by atoms with Crippen molar-refractivity contribution in [1.29, 1.82) is 0 Å². The van der Waals surface area contributed by atoms with Crippen molar-refractivity contribution in [1.82, 2.24) is 0 Å². The van der Waals surface area contributed by atoms with E-state index in [4.69, 9.17) is 0 Å². The maximum absolute atomic E-state index is 2.32. The van der Waals surface area contributed by atoms with Crippen molar-refractivity contribution >= 4 is 0 Å². The first-order valence-corrected chi connectivity index (χ1v) is 4.99. The zero-order valence-electron chi connectivity index (χ0n) is 8.48. The molecule has 2 fully saturated rings. The highest BCUT2D eigenvalue weighted by atomic mass is 14.4. The van der Waals surface area contributed by atoms with Crippen LogP contribution in [0.2, 0.25) is 0 Å². The smallest absolute Gasteiger partial charge is 0.0354 e. The lowest BCUT2D eigenvalue weighted by atomic mass is 9.78. The van der Waals surface area contributed by atoms with E-state index in [0.717, 1.165) is 17.3 Å². The Bertz CT molecular complexity index is 106. The van der Waals surface area contributed by atoms with Crippen LogP contribution >= 0.6 is 0 Å². The summed E-state index contributed by atoms with van der Waals surface area (Å²) in [5.74, 6) is 2.08. The van der Waals surface area contributed by atoms with Gasteiger partial charge in [-0.05, 0) is 42.9 Å². The van der Waals surface area contributed by atoms with Crippen LogP contribution in [0.5, 0.6) is 0 Å². The van der Waals surface area contributed by atoms with Gasteiger partial charge in [-0.2, -0.15) is 0 Å². The van der Waals surface area contributed by atoms with Gasteiger partial charge in [0.25, 0.3) is 0 Å². The Labute approximate surface area is 71.4 Å². The van der Waals surface area contributed by atoms with E-state index in [1.54, 1.807) is 0 Å². The first-order chi connectivity index (χ1) is 4.99. The Hall–Kier alpha value is 0. The predicted octanol–water partition coefficient (Wildman–Crippen LogP) is 3.86. The summed E-state index contributed by atoms with van der Waals surface area (Å²) in [6.07, 6.45) is 5.85. The molecule has 0 bridgehead atoms. The highest BCUT2D eigenvalue weighted by Crippen LogP contribution is 2.43. The number of rotatable bonds is 0. The maximum Gasteiger partial charge on any atom is -0.0354 e. The zero-order valence-corrected chi connectivity index (χ0v) is 8.48. The van der Waals surface area contributed by atoms with Gasteiger partial charge in [0.05, 0.1) is 0 Å². The van der Waals surface area contributed by atoms with Crippen LogP contribution < -0.4 is 0 Å². The summed E-state index contributed by atoms with van der Waals surface area (Å²) in [7, 11) is 0. The van der Waals surface area contributed by atoms with Crippen LogP contribution in [0.4, 0.5) is 0 Å². The molecule has 0 radical (unpaired) electrons. The average Bonchev–Trinajstić information content (AvgIpc) is 2.45. The van der Waals surface area contributed by atoms with Crippen LogP contribution in [0.25, 0.3) is 0 Å². The summed E-state index contributed by atoms with van der Waals surface area (Å²) in [6.45, 7) is 9.24. The van der Waals surface area contributed by atoms with Gasteiger partial charge in [-0.25, -0.2) is 0 Å². The summed E-state index contributed by atoms with van der Waals surface area (Å²) in [5.41, 5.74) is 0.750. The molecule has 0 N–H and O–H groups in total. The summed E-state index contributed by atoms with van der Waals surface area (Å²) in [5, 5.41) is 0. The molecule has 0 nitrogen and oxygen atoms in total. The van der Waals surface area contributed by atoms with Crippen LogP contribution in [0.1, 0.15) is 53.4 Å². The SMILES string of the molecule is CC1(C)CC1.CC1CC(C)C1. The van der Waals surface area contributed by atoms with Gasteiger partial charge in [-0.3, -0.25) is 0 Å². The summed E-state index contributed by atoms with van der Waals surface area (Å²) in [4.78, 5) is 0. The standard InChI is InChI=1S/C6H12.C5H10/c1-5-3-6(2)4-5;1-5(2)3-4-5/h5-6H,3-4H2,1-2H3;3-4H2,1-2H3. The third-order valence-electron chi connectivity index (χ3n) is 2.86. The van der Waals surface area contributed by atoms with Crippen LogP contribution in [-0.4, -0.2) is 0 Å². The van der Waals surface area contributed by atoms with Gasteiger partial charge in [-0.1, -0.05) is 27.7 Å². The molecule has 0 unspecified atom stereocenters. The van der Waals surface area contributed by atoms with E-state index in [1.807, 2.05) is 0 Å². The van der Waals surface area contributed by atoms with E-state index >= 15 is 0 Å². The molecule has 0 heterocycles. The molecule has 0 aliphatic heterocycles. The van der Waals surface area contributed by atoms with Crippen molar-refractivity contribution in [3.63, 3.8) is 0 Å². The Kier molecular flexibility index (Phi) is 2.61. The molecule has 0 atom stereocenters. The van der Waals surface area contributed by atoms with Gasteiger partial charge in [0.2, 0.25) is 0 Å². The van der Waals surface area contributed by atoms with Gasteiger partial charge >= 0.3 is 0 Å². The second-order valence-electron chi connectivity index (χ2n) is 5.35. The van der Waals surface area contributed by atoms with E-state index in [9.17, 15) is 0 Å². The Morgan fingerprint density at radius 2 is 1.18 bits per heavy atom. The molecular formula is C11H22. The number of hydrogen-bond donors (Lipinski definition) is 0. The monoisotopic (exact) mass is 154 g/mol. The molecular weight excluding hydrogens is 132 g/mol. The Morgan fingerprint density at radius 1 is 0.909 bits per heavy atom. The minimum absolute atomic E-state index is 0.750. The van der Waals surface area contributed by atoms with Crippen LogP contribution in [0.15, 0.2) is 0 Å². The van der Waals surface area contributed by atoms with Gasteiger partial charge in [0, 0.05) is 0 Å². The van der Waals surface area contributed by atoms with Crippen molar-refractivity contribution in [2.75, 3.05) is 0 Å². The van der Waals surface area contributed by atoms with Crippen molar-refractivity contribution < 1.29 is 0 Å². The first-order valence-electron chi connectivity index (χ1n) is 4.99. The van der Waals surface area contributed by atoms with Gasteiger partial charge < -0.3 is 0 Å². The number of hydrogen-bond acceptors (Lipinski definition) is 0. The fraction of sp³-hybridized carbons (Fsp3) is 1.00. The highest BCUT2D eigenvalue weighted by Gasteiger charge is 2.30. The molecule has 2 saturated carbocycles. The van der Waals surface area contributed by atoms with Crippen molar-refractivity contribution in [2.45, 2.75) is 53.4 Å². The molecule has 0 aromatic rings. The van der Waals surface area contributed by atoms with E-state index in [0.29, 0.717) is 0 Å². The normalized spacial score (nSPS) is 38.2. The molecule has 2 rings (SSSR count). The predicted molar refractivity (Wildman–Crippen MR) is 50.6 cm³/mol. The first kappa shape index (κ1) is 9.09. The molecule has 0 spiro atoms. The van der Waals surface area contributed by atoms with Crippen molar-refractivity contribution in [2.24, 2.45) is 17.3 Å². The fourth-order valence-electron chi connectivity index (χ4n) is 1.55. The van der Waals surface area contributed by atoms with Crippen LogP contribution in [0.3, 0.4) is 0 Å². The molecule has 0 heteroatoms. The summed E-state index contributed by atoms with van der Waals surface area (Å²) < 4.78 is 0. The van der Waals surface area contributed by atoms with E-state index in [2.05, 4.69) is 27.7 Å². The average molecular weight is 154 g/mol. The lowest BCUT2D eigenvalue weighted by Gasteiger charge is -2.28. The topological polar surface area (TPSA) is 0 Å². The van der Waals surface area contributed by atoms with Gasteiger partial charge in [-0.15, -0.1) is 0 Å². The largest absolute Gasteiger partial charge is 0.0625 e. The van der Waals surface area contributed by atoms with Crippen molar-refractivity contribution in [3.8, 4) is 0 Å². The highest BCUT2D eigenvalue weighted by molar-refractivity contribution is 4.82. The molecule has 0 aromatic carbocycles. The molecule has 66 valence electrons. The third kappa shape index (κ3) is 3.79. The Balaban J connectivity index is 0.000000112. The van der Waals surface area contributed by atoms with Gasteiger partial charge in [0.15, 0.2) is 0 Å². The minimum atomic E-state index is 0.750. The second-order valence-corrected chi connectivity index (χ2v) is 5.35. The lowest BCUT2D eigenvalue weighted by molar-refractivity contribution is 0.233. The second kappa shape index (κ2) is 3.16. The van der Waals surface area contributed by atoms with E-state index in [1.165, 1.54) is 25.7 Å². The maximum atomic E-state index is 2.32. The quantitative estimate of drug-likeness (QED) is 0.497. The van der Waals surface area contributed by atoms with Gasteiger partial charge in [0.1, 0.15) is 0 Å². The molecule has 0 saturated heterocycles. The lowest BCUT2D eigenvalue weighted by Crippen LogP contribution is -2.16. The molecule has 0 amide bonds. The summed E-state index contributed by atoms with van der Waals surface area (Å²) in [6, 6.07) is 0. The molecule has 0 aromatic heterocycles. The van der Waals surface area contributed by atoms with Crippen LogP contribution in [0, 0.1) is 17.3 Å². The van der Waals surface area contributed by atoms with Crippen LogP contribution in [-0.2, 0) is 0 Å². The van der Waals surface area contributed by atoms with Crippen molar-refractivity contribution in [3.05, 3.63) is 0 Å². The molecule has 2 aliphatic carbocycles. The zero-order chi connectivity index (χ0) is 8.48. The Morgan fingerprint density at radius 3 is 1.18 bits per heavy atom.